The molecule has 0 amide bonds. The molecular weight excluding hydrogens is 806 g/mol. The second kappa shape index (κ2) is 17.0. The molecule has 18 heteroatoms. The topological polar surface area (TPSA) is 273 Å². The minimum absolute atomic E-state index is 0. The molecule has 0 bridgehead atoms. The summed E-state index contributed by atoms with van der Waals surface area (Å²) in [6, 6.07) is 0. The number of ether oxygens (including phenoxy) is 4. The van der Waals surface area contributed by atoms with Gasteiger partial charge in [-0.3, -0.25) is 9.59 Å². The fourth-order valence-electron chi connectivity index (χ4n) is 13.4. The van der Waals surface area contributed by atoms with Gasteiger partial charge < -0.3 is 69.4 Å². The van der Waals surface area contributed by atoms with Crippen molar-refractivity contribution in [1.82, 2.24) is 0 Å². The molecule has 7 rings (SSSR count). The molecule has 7 aliphatic rings. The first-order chi connectivity index (χ1) is 26.8. The molecule has 16 nitrogen and oxygen atoms in total. The number of aliphatic carboxylic acids is 3. The van der Waals surface area contributed by atoms with E-state index in [4.69, 9.17) is 18.9 Å². The minimum atomic E-state index is -2.15. The molecule has 0 aromatic carbocycles. The second-order valence-corrected chi connectivity index (χ2v) is 20.6. The van der Waals surface area contributed by atoms with E-state index in [0.717, 1.165) is 24.8 Å². The summed E-state index contributed by atoms with van der Waals surface area (Å²) in [7, 11) is 0. The van der Waals surface area contributed by atoms with Crippen LogP contribution in [0.4, 0.5) is 0 Å². The van der Waals surface area contributed by atoms with Crippen LogP contribution < -0.4 is 69.3 Å². The molecule has 4 saturated carbocycles. The number of rotatable bonds is 7. The molecule has 19 atom stereocenters. The van der Waals surface area contributed by atoms with Crippen molar-refractivity contribution in [2.45, 2.75) is 174 Å². The van der Waals surface area contributed by atoms with Gasteiger partial charge in [-0.05, 0) is 110 Å². The fraction of sp³-hybridized carbons (Fsp3) is 0.857. The summed E-state index contributed by atoms with van der Waals surface area (Å²) < 4.78 is 23.1. The number of carboxylic acids is 3. The van der Waals surface area contributed by atoms with Crippen molar-refractivity contribution in [3.8, 4) is 0 Å². The van der Waals surface area contributed by atoms with Crippen LogP contribution in [0.1, 0.15) is 106 Å². The number of carboxylic acid groups (broad SMARTS) is 3. The Labute approximate surface area is 394 Å². The minimum Gasteiger partial charge on any atom is -0.547 e. The average Bonchev–Trinajstić information content (AvgIpc) is 3.13. The summed E-state index contributed by atoms with van der Waals surface area (Å²) in [6.07, 6.45) is -13.1. The van der Waals surface area contributed by atoms with Crippen LogP contribution in [0.5, 0.6) is 0 Å². The van der Waals surface area contributed by atoms with E-state index in [2.05, 4.69) is 27.7 Å². The van der Waals surface area contributed by atoms with Gasteiger partial charge in [0.2, 0.25) is 0 Å². The van der Waals surface area contributed by atoms with Crippen LogP contribution in [0.25, 0.3) is 0 Å². The van der Waals surface area contributed by atoms with Crippen molar-refractivity contribution in [1.29, 1.82) is 0 Å². The molecule has 60 heavy (non-hydrogen) atoms. The zero-order chi connectivity index (χ0) is 42.9. The first-order valence-corrected chi connectivity index (χ1v) is 20.7. The summed E-state index contributed by atoms with van der Waals surface area (Å²) in [4.78, 5) is 51.1. The van der Waals surface area contributed by atoms with Crippen LogP contribution in [0.3, 0.4) is 0 Å². The third-order valence-corrected chi connectivity index (χ3v) is 17.2. The zero-order valence-electron chi connectivity index (χ0n) is 36.3. The summed E-state index contributed by atoms with van der Waals surface area (Å²) >= 11 is 0. The van der Waals surface area contributed by atoms with E-state index in [9.17, 15) is 60.0 Å². The molecule has 0 aromatic heterocycles. The summed E-state index contributed by atoms with van der Waals surface area (Å²) in [6.45, 7) is 14.8. The Morgan fingerprint density at radius 3 is 1.87 bits per heavy atom. The molecule has 326 valence electrons. The first kappa shape index (κ1) is 50.5. The third-order valence-electron chi connectivity index (χ3n) is 17.2. The molecule has 0 spiro atoms. The zero-order valence-corrected chi connectivity index (χ0v) is 40.3. The van der Waals surface area contributed by atoms with Gasteiger partial charge in [-0.15, -0.1) is 0 Å². The number of carbonyl (C=O) groups excluding carboxylic acids is 3. The Morgan fingerprint density at radius 2 is 1.28 bits per heavy atom. The predicted octanol–water partition coefficient (Wildman–Crippen LogP) is -6.42. The van der Waals surface area contributed by atoms with Gasteiger partial charge >= 0.3 is 65.1 Å². The Bertz CT molecular complexity index is 1740. The van der Waals surface area contributed by atoms with E-state index in [1.807, 2.05) is 26.8 Å². The Morgan fingerprint density at radius 1 is 0.717 bits per heavy atom. The van der Waals surface area contributed by atoms with Gasteiger partial charge in [0.1, 0.15) is 48.8 Å². The predicted molar refractivity (Wildman–Crippen MR) is 194 cm³/mol. The molecule has 2 heterocycles. The first-order valence-electron chi connectivity index (χ1n) is 20.7. The summed E-state index contributed by atoms with van der Waals surface area (Å²) in [5.41, 5.74) is -1.89. The van der Waals surface area contributed by atoms with Crippen LogP contribution in [0.2, 0.25) is 0 Å². The van der Waals surface area contributed by atoms with Crippen LogP contribution in [0.15, 0.2) is 11.6 Å². The Balaban J connectivity index is 0.00000341. The van der Waals surface area contributed by atoms with Gasteiger partial charge in [0.05, 0.1) is 23.5 Å². The largest absolute Gasteiger partial charge is 1.00 e. The summed E-state index contributed by atoms with van der Waals surface area (Å²) in [5, 5.41) is 87.1. The van der Waals surface area contributed by atoms with Crippen LogP contribution >= 0.6 is 0 Å². The van der Waals surface area contributed by atoms with E-state index >= 15 is 0 Å². The van der Waals surface area contributed by atoms with Crippen LogP contribution in [-0.4, -0.2) is 122 Å². The van der Waals surface area contributed by atoms with Crippen LogP contribution in [-0.2, 0) is 38.1 Å². The quantitative estimate of drug-likeness (QED) is 0.103. The Hall–Kier alpha value is -0.540. The Kier molecular flexibility index (Phi) is 14.3. The van der Waals surface area contributed by atoms with Crippen molar-refractivity contribution in [3.63, 3.8) is 0 Å². The maximum atomic E-state index is 14.8. The van der Waals surface area contributed by atoms with Gasteiger partial charge in [0.25, 0.3) is 0 Å². The van der Waals surface area contributed by atoms with E-state index in [1.165, 1.54) is 0 Å². The van der Waals surface area contributed by atoms with Crippen molar-refractivity contribution < 1.29 is 138 Å². The number of allylic oxidation sites excluding steroid dienone is 2. The van der Waals surface area contributed by atoms with Crippen molar-refractivity contribution in [3.05, 3.63) is 11.6 Å². The number of aliphatic hydroxyl groups is 5. The molecule has 1 unspecified atom stereocenters. The van der Waals surface area contributed by atoms with Crippen molar-refractivity contribution >= 4 is 23.7 Å². The maximum Gasteiger partial charge on any atom is 1.00 e. The van der Waals surface area contributed by atoms with E-state index in [1.54, 1.807) is 0 Å². The number of ketones is 1. The number of hydrogen-bond donors (Lipinski definition) is 6. The van der Waals surface area contributed by atoms with Crippen molar-refractivity contribution in [2.24, 2.45) is 50.2 Å². The standard InChI is InChI=1S/C42H62O16.2Na/c1-37(2)21-8-11-42(7)31(20(43)16-18-19-17-39(4,36(53)54)13-12-38(19,3)14-15-41(18,42)6)40(21,5)10-9-22(37)55-35-30(26(47)25(46)29(57-35)33(51)52)58-34-27(48)23(44)24(45)28(56-34)32(49)50;;/h16,19,21-31,34-35,44-48H,8-15,17H2,1-7H3,(H,49,50)(H,51,52)(H,53,54);;/q;2*+1/p-2/t19-,21-,22-,23-,24-,25-,26-,27+,28-,29-,30+,31+,34+,35?,38+,39-,40-,41+,42+;;/m0../s1. The molecule has 0 aromatic rings. The normalized spacial score (nSPS) is 50.8. The maximum absolute atomic E-state index is 14.8. The molecule has 6 N–H and O–H groups in total. The number of fused-ring (bicyclic) bond motifs is 7. The third kappa shape index (κ3) is 7.58. The average molecular weight is 867 g/mol. The number of hydrogen-bond acceptors (Lipinski definition) is 15. The smallest absolute Gasteiger partial charge is 0.547 e. The van der Waals surface area contributed by atoms with E-state index < -0.39 is 107 Å². The van der Waals surface area contributed by atoms with E-state index in [0.29, 0.717) is 38.5 Å². The SMILES string of the molecule is CC1(C)[C@@H](OC2O[C@H](C(=O)[O-])[C@@H](O)[C@H](O)[C@H]2O[C@H]2O[C@H](C(=O)[O-])[C@@H](O)[C@H](O)[C@H]2O)CC[C@]2(C)[C@H]3C(=O)C=C4[C@@H]5C[C@@](C)(C(=O)O)CC[C@]5(C)CC[C@@]4(C)[C@]3(C)CC[C@@H]12.[Na+].[Na+]. The number of aliphatic hydroxyl groups excluding tert-OH is 5. The molecule has 5 aliphatic carbocycles. The second-order valence-electron chi connectivity index (χ2n) is 20.6. The van der Waals surface area contributed by atoms with Gasteiger partial charge in [-0.1, -0.05) is 47.1 Å². The van der Waals surface area contributed by atoms with Gasteiger partial charge in [0, 0.05) is 5.92 Å². The van der Waals surface area contributed by atoms with Crippen LogP contribution in [0, 0.1) is 50.2 Å². The monoisotopic (exact) mass is 866 g/mol. The van der Waals surface area contributed by atoms with Gasteiger partial charge in [-0.2, -0.15) is 0 Å². The molecule has 6 fully saturated rings. The number of carbonyl (C=O) groups is 4. The van der Waals surface area contributed by atoms with Gasteiger partial charge in [0.15, 0.2) is 18.4 Å². The van der Waals surface area contributed by atoms with Gasteiger partial charge in [-0.25, -0.2) is 0 Å². The molecular formula is C42H60Na2O16. The molecule has 0 radical (unpaired) electrons. The van der Waals surface area contributed by atoms with E-state index in [-0.39, 0.29) is 93.5 Å². The fourth-order valence-corrected chi connectivity index (χ4v) is 13.4. The van der Waals surface area contributed by atoms with Crippen molar-refractivity contribution in [2.75, 3.05) is 0 Å². The molecule has 2 aliphatic heterocycles. The summed E-state index contributed by atoms with van der Waals surface area (Å²) in [5.74, 6) is -5.04. The molecule has 2 saturated heterocycles.